The van der Waals surface area contributed by atoms with Crippen molar-refractivity contribution in [1.29, 1.82) is 0 Å². The van der Waals surface area contributed by atoms with Crippen LogP contribution in [0.4, 0.5) is 5.69 Å². The van der Waals surface area contributed by atoms with Gasteiger partial charge in [-0.1, -0.05) is 11.6 Å². The summed E-state index contributed by atoms with van der Waals surface area (Å²) in [5.74, 6) is -0.554. The number of ether oxygens (including phenoxy) is 2. The van der Waals surface area contributed by atoms with Crippen molar-refractivity contribution in [3.8, 4) is 11.5 Å². The van der Waals surface area contributed by atoms with Gasteiger partial charge in [-0.3, -0.25) is 10.1 Å². The molecular weight excluding hydrogens is 368 g/mol. The molecule has 1 aliphatic heterocycles. The van der Waals surface area contributed by atoms with Crippen molar-refractivity contribution in [1.82, 2.24) is 5.32 Å². The molecule has 25 heavy (non-hydrogen) atoms. The largest absolute Gasteiger partial charge is 0.478 e. The van der Waals surface area contributed by atoms with E-state index in [9.17, 15) is 9.59 Å². The van der Waals surface area contributed by atoms with Gasteiger partial charge in [0, 0.05) is 11.3 Å². The highest BCUT2D eigenvalue weighted by molar-refractivity contribution is 7.80. The molecule has 9 heteroatoms. The van der Waals surface area contributed by atoms with Crippen LogP contribution in [-0.4, -0.2) is 28.9 Å². The molecule has 0 saturated carbocycles. The summed E-state index contributed by atoms with van der Waals surface area (Å²) in [5.41, 5.74) is 0.657. The average Bonchev–Trinajstić information content (AvgIpc) is 3.03. The first-order valence-corrected chi connectivity index (χ1v) is 7.77. The van der Waals surface area contributed by atoms with Gasteiger partial charge in [0.25, 0.3) is 5.91 Å². The smallest absolute Gasteiger partial charge is 0.337 e. The first-order chi connectivity index (χ1) is 11.9. The first-order valence-electron chi connectivity index (χ1n) is 6.99. The van der Waals surface area contributed by atoms with E-state index in [2.05, 4.69) is 10.6 Å². The molecular formula is C16H11ClN2O5S. The standard InChI is InChI=1S/C16H11ClN2O5S/c17-11-3-2-9(6-10(11)15(21)22)18-16(25)19-14(20)8-1-4-12-13(5-8)24-7-23-12/h1-6H,7H2,(H,21,22)(H2,18,19,20,25). The van der Waals surface area contributed by atoms with E-state index < -0.39 is 11.9 Å². The predicted molar refractivity (Wildman–Crippen MR) is 94.7 cm³/mol. The van der Waals surface area contributed by atoms with Crippen LogP contribution in [0, 0.1) is 0 Å². The lowest BCUT2D eigenvalue weighted by Crippen LogP contribution is -2.34. The molecule has 0 saturated heterocycles. The Hall–Kier alpha value is -2.84. The minimum Gasteiger partial charge on any atom is -0.478 e. The molecule has 0 unspecified atom stereocenters. The number of rotatable bonds is 3. The molecule has 0 aromatic heterocycles. The maximum Gasteiger partial charge on any atom is 0.337 e. The average molecular weight is 379 g/mol. The van der Waals surface area contributed by atoms with Crippen molar-refractivity contribution in [2.45, 2.75) is 0 Å². The summed E-state index contributed by atoms with van der Waals surface area (Å²) in [6, 6.07) is 9.06. The molecule has 1 aliphatic rings. The van der Waals surface area contributed by atoms with Gasteiger partial charge in [0.15, 0.2) is 16.6 Å². The van der Waals surface area contributed by atoms with Gasteiger partial charge in [-0.25, -0.2) is 4.79 Å². The molecule has 0 atom stereocenters. The zero-order valence-corrected chi connectivity index (χ0v) is 14.1. The molecule has 1 amide bonds. The predicted octanol–water partition coefficient (Wildman–Crippen LogP) is 2.89. The SMILES string of the molecule is O=C(NC(=S)Nc1ccc(Cl)c(C(=O)O)c1)c1ccc2c(c1)OCO2. The van der Waals surface area contributed by atoms with E-state index in [-0.39, 0.29) is 22.5 Å². The zero-order valence-electron chi connectivity index (χ0n) is 12.5. The third-order valence-electron chi connectivity index (χ3n) is 3.32. The first kappa shape index (κ1) is 17.0. The van der Waals surface area contributed by atoms with E-state index in [0.29, 0.717) is 22.7 Å². The maximum atomic E-state index is 12.2. The van der Waals surface area contributed by atoms with Gasteiger partial charge in [-0.05, 0) is 48.6 Å². The number of carbonyl (C=O) groups excluding carboxylic acids is 1. The van der Waals surface area contributed by atoms with E-state index in [1.54, 1.807) is 24.3 Å². The highest BCUT2D eigenvalue weighted by Crippen LogP contribution is 2.32. The monoisotopic (exact) mass is 378 g/mol. The molecule has 3 rings (SSSR count). The molecule has 2 aromatic carbocycles. The van der Waals surface area contributed by atoms with Crippen molar-refractivity contribution >= 4 is 46.5 Å². The second-order valence-electron chi connectivity index (χ2n) is 4.98. The van der Waals surface area contributed by atoms with Crippen LogP contribution in [-0.2, 0) is 0 Å². The lowest BCUT2D eigenvalue weighted by Gasteiger charge is -2.11. The van der Waals surface area contributed by atoms with Crippen molar-refractivity contribution < 1.29 is 24.2 Å². The Morgan fingerprint density at radius 1 is 1.12 bits per heavy atom. The van der Waals surface area contributed by atoms with Crippen LogP contribution < -0.4 is 20.1 Å². The fraction of sp³-hybridized carbons (Fsp3) is 0.0625. The van der Waals surface area contributed by atoms with Gasteiger partial charge in [0.2, 0.25) is 6.79 Å². The fourth-order valence-electron chi connectivity index (χ4n) is 2.14. The van der Waals surface area contributed by atoms with Crippen LogP contribution >= 0.6 is 23.8 Å². The number of carboxylic acids is 1. The molecule has 0 aliphatic carbocycles. The summed E-state index contributed by atoms with van der Waals surface area (Å²) in [6.07, 6.45) is 0. The normalized spacial score (nSPS) is 11.7. The fourth-order valence-corrected chi connectivity index (χ4v) is 2.55. The van der Waals surface area contributed by atoms with Gasteiger partial charge < -0.3 is 19.9 Å². The number of carbonyl (C=O) groups is 2. The zero-order chi connectivity index (χ0) is 18.0. The third kappa shape index (κ3) is 3.81. The summed E-state index contributed by atoms with van der Waals surface area (Å²) in [6.45, 7) is 0.114. The van der Waals surface area contributed by atoms with Gasteiger partial charge in [0.05, 0.1) is 10.6 Å². The van der Waals surface area contributed by atoms with Crippen LogP contribution in [0.15, 0.2) is 36.4 Å². The molecule has 3 N–H and O–H groups in total. The molecule has 0 spiro atoms. The summed E-state index contributed by atoms with van der Waals surface area (Å²) >= 11 is 10.9. The second-order valence-corrected chi connectivity index (χ2v) is 5.79. The van der Waals surface area contributed by atoms with Crippen LogP contribution in [0.3, 0.4) is 0 Å². The molecule has 128 valence electrons. The molecule has 0 fully saturated rings. The van der Waals surface area contributed by atoms with Crippen LogP contribution in [0.25, 0.3) is 0 Å². The topological polar surface area (TPSA) is 96.9 Å². The van der Waals surface area contributed by atoms with Crippen LogP contribution in [0.5, 0.6) is 11.5 Å². The number of amides is 1. The number of fused-ring (bicyclic) bond motifs is 1. The second kappa shape index (κ2) is 6.96. The lowest BCUT2D eigenvalue weighted by atomic mass is 10.2. The number of thiocarbonyl (C=S) groups is 1. The number of benzene rings is 2. The summed E-state index contributed by atoms with van der Waals surface area (Å²) in [7, 11) is 0. The number of carboxylic acid groups (broad SMARTS) is 1. The molecule has 7 nitrogen and oxygen atoms in total. The summed E-state index contributed by atoms with van der Waals surface area (Å²) in [5, 5.41) is 14.4. The van der Waals surface area contributed by atoms with Gasteiger partial charge in [-0.2, -0.15) is 0 Å². The molecule has 0 bridgehead atoms. The Bertz CT molecular complexity index is 887. The highest BCUT2D eigenvalue weighted by Gasteiger charge is 2.17. The molecule has 1 heterocycles. The number of anilines is 1. The Labute approximate surface area is 152 Å². The molecule has 0 radical (unpaired) electrons. The van der Waals surface area contributed by atoms with E-state index >= 15 is 0 Å². The highest BCUT2D eigenvalue weighted by atomic mass is 35.5. The van der Waals surface area contributed by atoms with Gasteiger partial charge in [0.1, 0.15) is 0 Å². The van der Waals surface area contributed by atoms with E-state index in [1.807, 2.05) is 0 Å². The van der Waals surface area contributed by atoms with Crippen molar-refractivity contribution in [2.75, 3.05) is 12.1 Å². The van der Waals surface area contributed by atoms with Gasteiger partial charge in [-0.15, -0.1) is 0 Å². The van der Waals surface area contributed by atoms with E-state index in [1.165, 1.54) is 12.1 Å². The Balaban J connectivity index is 1.67. The van der Waals surface area contributed by atoms with Crippen molar-refractivity contribution in [3.05, 3.63) is 52.5 Å². The lowest BCUT2D eigenvalue weighted by molar-refractivity contribution is 0.0697. The number of hydrogen-bond donors (Lipinski definition) is 3. The molecule has 2 aromatic rings. The minimum atomic E-state index is -1.16. The van der Waals surface area contributed by atoms with E-state index in [4.69, 9.17) is 38.4 Å². The summed E-state index contributed by atoms with van der Waals surface area (Å²) in [4.78, 5) is 23.3. The number of aromatic carboxylic acids is 1. The third-order valence-corrected chi connectivity index (χ3v) is 3.85. The number of hydrogen-bond acceptors (Lipinski definition) is 5. The number of halogens is 1. The minimum absolute atomic E-state index is 0.0151. The van der Waals surface area contributed by atoms with Crippen LogP contribution in [0.1, 0.15) is 20.7 Å². The van der Waals surface area contributed by atoms with Crippen molar-refractivity contribution in [3.63, 3.8) is 0 Å². The Morgan fingerprint density at radius 3 is 2.64 bits per heavy atom. The summed E-state index contributed by atoms with van der Waals surface area (Å²) < 4.78 is 10.4. The maximum absolute atomic E-state index is 12.2. The quantitative estimate of drug-likeness (QED) is 0.706. The van der Waals surface area contributed by atoms with E-state index in [0.717, 1.165) is 0 Å². The Morgan fingerprint density at radius 2 is 1.88 bits per heavy atom. The van der Waals surface area contributed by atoms with Crippen molar-refractivity contribution in [2.24, 2.45) is 0 Å². The Kier molecular flexibility index (Phi) is 4.73. The van der Waals surface area contributed by atoms with Gasteiger partial charge >= 0.3 is 5.97 Å². The van der Waals surface area contributed by atoms with Crippen LogP contribution in [0.2, 0.25) is 5.02 Å². The number of nitrogens with one attached hydrogen (secondary N) is 2.